The maximum atomic E-state index is 5.58. The van der Waals surface area contributed by atoms with Crippen molar-refractivity contribution in [2.24, 2.45) is 5.73 Å². The summed E-state index contributed by atoms with van der Waals surface area (Å²) in [5.41, 5.74) is 9.54. The van der Waals surface area contributed by atoms with E-state index in [0.717, 1.165) is 12.8 Å². The maximum absolute atomic E-state index is 5.58. The first-order valence-corrected chi connectivity index (χ1v) is 3.85. The molecular weight excluding hydrogens is 138 g/mol. The van der Waals surface area contributed by atoms with Crippen LogP contribution in [0.15, 0.2) is 35.3 Å². The smallest absolute Gasteiger partial charge is 0.0939 e. The molecule has 0 amide bonds. The summed E-state index contributed by atoms with van der Waals surface area (Å²) in [5, 5.41) is 0. The van der Waals surface area contributed by atoms with Crippen molar-refractivity contribution in [3.05, 3.63) is 35.3 Å². The fourth-order valence-corrected chi connectivity index (χ4v) is 1.57. The molecule has 0 radical (unpaired) electrons. The van der Waals surface area contributed by atoms with Crippen molar-refractivity contribution < 1.29 is 4.74 Å². The number of ether oxygens (including phenoxy) is 1. The second-order valence-electron chi connectivity index (χ2n) is 2.80. The van der Waals surface area contributed by atoms with E-state index in [1.165, 1.54) is 16.7 Å². The Hall–Kier alpha value is -1.02. The van der Waals surface area contributed by atoms with E-state index in [1.807, 2.05) is 12.3 Å². The third kappa shape index (κ3) is 0.994. The maximum Gasteiger partial charge on any atom is 0.0939 e. The Morgan fingerprint density at radius 1 is 1.45 bits per heavy atom. The van der Waals surface area contributed by atoms with Gasteiger partial charge in [0.1, 0.15) is 0 Å². The molecule has 0 bridgehead atoms. The number of rotatable bonds is 1. The summed E-state index contributed by atoms with van der Waals surface area (Å²) in [5.74, 6) is 0. The van der Waals surface area contributed by atoms with E-state index >= 15 is 0 Å². The van der Waals surface area contributed by atoms with E-state index in [0.29, 0.717) is 6.54 Å². The van der Waals surface area contributed by atoms with Crippen LogP contribution >= 0.6 is 0 Å². The highest BCUT2D eigenvalue weighted by Crippen LogP contribution is 2.33. The number of hydrogen-bond acceptors (Lipinski definition) is 2. The summed E-state index contributed by atoms with van der Waals surface area (Å²) in [6.07, 6.45) is 7.72. The van der Waals surface area contributed by atoms with Crippen molar-refractivity contribution in [3.8, 4) is 0 Å². The van der Waals surface area contributed by atoms with Gasteiger partial charge >= 0.3 is 0 Å². The Kier molecular flexibility index (Phi) is 1.55. The van der Waals surface area contributed by atoms with Gasteiger partial charge in [-0.15, -0.1) is 0 Å². The summed E-state index contributed by atoms with van der Waals surface area (Å²) >= 11 is 0. The summed E-state index contributed by atoms with van der Waals surface area (Å²) in [6.45, 7) is 0.678. The lowest BCUT2D eigenvalue weighted by Gasteiger charge is -2.06. The predicted octanol–water partition coefficient (Wildman–Crippen LogP) is 1.46. The van der Waals surface area contributed by atoms with Gasteiger partial charge in [-0.25, -0.2) is 0 Å². The SMILES string of the molecule is NCC1=C2C=COC=C2CC1. The van der Waals surface area contributed by atoms with E-state index in [1.54, 1.807) is 6.26 Å². The molecule has 2 rings (SSSR count). The van der Waals surface area contributed by atoms with Crippen LogP contribution in [-0.4, -0.2) is 6.54 Å². The molecule has 0 saturated heterocycles. The minimum atomic E-state index is 0.678. The van der Waals surface area contributed by atoms with Crippen LogP contribution in [0.25, 0.3) is 0 Å². The van der Waals surface area contributed by atoms with Crippen molar-refractivity contribution in [2.45, 2.75) is 12.8 Å². The van der Waals surface area contributed by atoms with Gasteiger partial charge in [-0.2, -0.15) is 0 Å². The monoisotopic (exact) mass is 149 g/mol. The minimum Gasteiger partial charge on any atom is -0.472 e. The molecule has 0 spiro atoms. The van der Waals surface area contributed by atoms with Gasteiger partial charge in [-0.3, -0.25) is 0 Å². The highest BCUT2D eigenvalue weighted by molar-refractivity contribution is 5.48. The minimum absolute atomic E-state index is 0.678. The van der Waals surface area contributed by atoms with Gasteiger partial charge in [-0.05, 0) is 35.6 Å². The molecule has 0 fully saturated rings. The van der Waals surface area contributed by atoms with Gasteiger partial charge in [0, 0.05) is 6.54 Å². The fourth-order valence-electron chi connectivity index (χ4n) is 1.57. The van der Waals surface area contributed by atoms with E-state index in [9.17, 15) is 0 Å². The number of hydrogen-bond donors (Lipinski definition) is 1. The zero-order valence-corrected chi connectivity index (χ0v) is 6.34. The number of nitrogens with two attached hydrogens (primary N) is 1. The molecule has 0 unspecified atom stereocenters. The summed E-state index contributed by atoms with van der Waals surface area (Å²) in [4.78, 5) is 0. The Balaban J connectivity index is 2.37. The first-order valence-electron chi connectivity index (χ1n) is 3.85. The molecule has 0 saturated carbocycles. The summed E-state index contributed by atoms with van der Waals surface area (Å²) in [6, 6.07) is 0. The van der Waals surface area contributed by atoms with Crippen LogP contribution in [-0.2, 0) is 4.74 Å². The van der Waals surface area contributed by atoms with E-state index in [4.69, 9.17) is 10.5 Å². The average Bonchev–Trinajstić information content (AvgIpc) is 2.47. The first-order chi connectivity index (χ1) is 5.42. The van der Waals surface area contributed by atoms with Crippen molar-refractivity contribution >= 4 is 0 Å². The Bertz CT molecular complexity index is 261. The third-order valence-corrected chi connectivity index (χ3v) is 2.19. The van der Waals surface area contributed by atoms with Gasteiger partial charge in [0.2, 0.25) is 0 Å². The zero-order chi connectivity index (χ0) is 7.68. The summed E-state index contributed by atoms with van der Waals surface area (Å²) < 4.78 is 5.06. The van der Waals surface area contributed by atoms with Crippen LogP contribution in [0.3, 0.4) is 0 Å². The topological polar surface area (TPSA) is 35.2 Å². The van der Waals surface area contributed by atoms with Crippen molar-refractivity contribution in [1.82, 2.24) is 0 Å². The Morgan fingerprint density at radius 3 is 3.18 bits per heavy atom. The van der Waals surface area contributed by atoms with Gasteiger partial charge < -0.3 is 10.5 Å². The van der Waals surface area contributed by atoms with E-state index < -0.39 is 0 Å². The molecule has 2 aliphatic rings. The van der Waals surface area contributed by atoms with Crippen molar-refractivity contribution in [1.29, 1.82) is 0 Å². The highest BCUT2D eigenvalue weighted by Gasteiger charge is 2.18. The molecule has 0 atom stereocenters. The van der Waals surface area contributed by atoms with Crippen LogP contribution in [0, 0.1) is 0 Å². The lowest BCUT2D eigenvalue weighted by Crippen LogP contribution is -2.02. The van der Waals surface area contributed by atoms with Gasteiger partial charge in [0.15, 0.2) is 0 Å². The normalized spacial score (nSPS) is 21.4. The fraction of sp³-hybridized carbons (Fsp3) is 0.333. The van der Waals surface area contributed by atoms with Gasteiger partial charge in [0.05, 0.1) is 12.5 Å². The van der Waals surface area contributed by atoms with Crippen LogP contribution in [0.5, 0.6) is 0 Å². The van der Waals surface area contributed by atoms with Crippen LogP contribution in [0.1, 0.15) is 12.8 Å². The lowest BCUT2D eigenvalue weighted by molar-refractivity contribution is 0.393. The second-order valence-corrected chi connectivity index (χ2v) is 2.80. The van der Waals surface area contributed by atoms with Crippen molar-refractivity contribution in [2.75, 3.05) is 6.54 Å². The number of allylic oxidation sites excluding steroid dienone is 3. The average molecular weight is 149 g/mol. The molecule has 2 heteroatoms. The molecule has 2 nitrogen and oxygen atoms in total. The molecule has 0 aromatic heterocycles. The third-order valence-electron chi connectivity index (χ3n) is 2.19. The van der Waals surface area contributed by atoms with Crippen LogP contribution in [0.2, 0.25) is 0 Å². The second kappa shape index (κ2) is 2.55. The molecule has 11 heavy (non-hydrogen) atoms. The zero-order valence-electron chi connectivity index (χ0n) is 6.34. The molecule has 1 aliphatic carbocycles. The molecule has 0 aromatic carbocycles. The van der Waals surface area contributed by atoms with Crippen LogP contribution in [0.4, 0.5) is 0 Å². The Labute approximate surface area is 66.0 Å². The van der Waals surface area contributed by atoms with E-state index in [-0.39, 0.29) is 0 Å². The van der Waals surface area contributed by atoms with Crippen molar-refractivity contribution in [3.63, 3.8) is 0 Å². The molecule has 1 heterocycles. The van der Waals surface area contributed by atoms with Crippen LogP contribution < -0.4 is 5.73 Å². The van der Waals surface area contributed by atoms with E-state index in [2.05, 4.69) is 0 Å². The first kappa shape index (κ1) is 6.68. The lowest BCUT2D eigenvalue weighted by atomic mass is 10.1. The molecule has 58 valence electrons. The molecule has 1 aliphatic heterocycles. The van der Waals surface area contributed by atoms with Gasteiger partial charge in [-0.1, -0.05) is 0 Å². The summed E-state index contributed by atoms with van der Waals surface area (Å²) in [7, 11) is 0. The molecule has 0 aromatic rings. The highest BCUT2D eigenvalue weighted by atomic mass is 16.5. The Morgan fingerprint density at radius 2 is 2.36 bits per heavy atom. The standard InChI is InChI=1S/C9H11NO/c10-5-7-1-2-8-6-11-4-3-9(7)8/h3-4,6H,1-2,5,10H2. The quantitative estimate of drug-likeness (QED) is 0.612. The molecule has 2 N–H and O–H groups in total. The molecular formula is C9H11NO. The largest absolute Gasteiger partial charge is 0.472 e. The predicted molar refractivity (Wildman–Crippen MR) is 43.6 cm³/mol. The van der Waals surface area contributed by atoms with Gasteiger partial charge in [0.25, 0.3) is 0 Å². The number of fused-ring (bicyclic) bond motifs is 1.